The van der Waals surface area contributed by atoms with Crippen LogP contribution in [0.2, 0.25) is 0 Å². The van der Waals surface area contributed by atoms with Gasteiger partial charge in [-0.2, -0.15) is 4.57 Å². The lowest BCUT2D eigenvalue weighted by molar-refractivity contribution is -0.757. The largest absolute Gasteiger partial charge is 0.513 e. The summed E-state index contributed by atoms with van der Waals surface area (Å²) in [5.41, 5.74) is 0.414. The number of hydrogen-bond acceptors (Lipinski definition) is 7. The first-order valence-corrected chi connectivity index (χ1v) is 7.55. The number of nitrogens with zero attached hydrogens (tertiary/aromatic N) is 2. The Bertz CT molecular complexity index is 577. The van der Waals surface area contributed by atoms with Gasteiger partial charge in [-0.05, 0) is 25.8 Å². The molecule has 1 aromatic heterocycles. The molecule has 0 bridgehead atoms. The van der Waals surface area contributed by atoms with Crippen molar-refractivity contribution in [1.82, 2.24) is 0 Å². The van der Waals surface area contributed by atoms with E-state index in [2.05, 4.69) is 4.84 Å². The first-order valence-electron chi connectivity index (χ1n) is 7.55. The second kappa shape index (κ2) is 11.8. The van der Waals surface area contributed by atoms with Gasteiger partial charge in [-0.1, -0.05) is 14.4 Å². The van der Waals surface area contributed by atoms with Gasteiger partial charge in [0.05, 0.1) is 12.2 Å². The molecule has 0 radical (unpaired) electrons. The van der Waals surface area contributed by atoms with E-state index < -0.39 is 11.2 Å². The molecule has 0 aliphatic carbocycles. The van der Waals surface area contributed by atoms with Crippen molar-refractivity contribution in [3.8, 4) is 0 Å². The summed E-state index contributed by atoms with van der Waals surface area (Å²) in [5, 5.41) is 9.12. The zero-order valence-corrected chi connectivity index (χ0v) is 13.7. The molecule has 9 nitrogen and oxygen atoms in total. The van der Waals surface area contributed by atoms with E-state index in [4.69, 9.17) is 9.47 Å². The van der Waals surface area contributed by atoms with Gasteiger partial charge in [-0.15, -0.1) is 10.1 Å². The summed E-state index contributed by atoms with van der Waals surface area (Å²) in [6.45, 7) is 3.44. The molecule has 1 rings (SSSR count). The van der Waals surface area contributed by atoms with Crippen molar-refractivity contribution in [3.05, 3.63) is 40.2 Å². The number of rotatable bonds is 10. The average molecular weight is 357 g/mol. The molecule has 1 atom stereocenters. The number of carbonyl (C=O) groups is 2. The first-order chi connectivity index (χ1) is 11.4. The predicted octanol–water partition coefficient (Wildman–Crippen LogP) is 2.69. The highest BCUT2D eigenvalue weighted by molar-refractivity contribution is 5.95. The van der Waals surface area contributed by atoms with Crippen molar-refractivity contribution in [2.75, 3.05) is 6.61 Å². The lowest BCUT2D eigenvalue weighted by Crippen LogP contribution is -2.36. The molecule has 0 aliphatic heterocycles. The molecule has 9 heteroatoms. The average Bonchev–Trinajstić information content (AvgIpc) is 2.56. The van der Waals surface area contributed by atoms with Crippen LogP contribution in [0.4, 0.5) is 4.79 Å². The Kier molecular flexibility index (Phi) is 10.5. The van der Waals surface area contributed by atoms with Crippen LogP contribution in [0.15, 0.2) is 24.5 Å². The highest BCUT2D eigenvalue weighted by Crippen LogP contribution is 2.04. The Balaban J connectivity index is 0.00000576. The van der Waals surface area contributed by atoms with Crippen LogP contribution in [-0.2, 0) is 21.0 Å². The third-order valence-electron chi connectivity index (χ3n) is 3.13. The fourth-order valence-corrected chi connectivity index (χ4v) is 1.69. The third-order valence-corrected chi connectivity index (χ3v) is 3.13. The molecule has 0 fully saturated rings. The number of pyridine rings is 1. The SMILES string of the molecule is C.CC[C@H](C)OC(=O)OC[n+]1cccc(C(=O)CCCO[N+](=O)[O-])c1. The van der Waals surface area contributed by atoms with Gasteiger partial charge >= 0.3 is 6.16 Å². The smallest absolute Gasteiger partial charge is 0.431 e. The van der Waals surface area contributed by atoms with Crippen LogP contribution in [0.25, 0.3) is 0 Å². The maximum absolute atomic E-state index is 12.0. The van der Waals surface area contributed by atoms with Crippen LogP contribution >= 0.6 is 0 Å². The van der Waals surface area contributed by atoms with E-state index >= 15 is 0 Å². The first kappa shape index (κ1) is 22.3. The van der Waals surface area contributed by atoms with Crippen molar-refractivity contribution < 1.29 is 33.6 Å². The van der Waals surface area contributed by atoms with Crippen LogP contribution in [0.1, 0.15) is 50.9 Å². The number of aromatic nitrogens is 1. The summed E-state index contributed by atoms with van der Waals surface area (Å²) in [4.78, 5) is 37.6. The monoisotopic (exact) mass is 357 g/mol. The minimum Gasteiger partial charge on any atom is -0.431 e. The normalized spacial score (nSPS) is 11.0. The molecule has 0 saturated heterocycles. The van der Waals surface area contributed by atoms with Crippen molar-refractivity contribution in [2.45, 2.75) is 53.4 Å². The molecule has 1 heterocycles. The Hall–Kier alpha value is -2.71. The molecule has 0 unspecified atom stereocenters. The molecule has 0 saturated carbocycles. The van der Waals surface area contributed by atoms with Gasteiger partial charge in [0.2, 0.25) is 0 Å². The van der Waals surface area contributed by atoms with Gasteiger partial charge in [0.25, 0.3) is 11.8 Å². The van der Waals surface area contributed by atoms with Crippen LogP contribution in [0.3, 0.4) is 0 Å². The highest BCUT2D eigenvalue weighted by Gasteiger charge is 2.14. The molecule has 25 heavy (non-hydrogen) atoms. The van der Waals surface area contributed by atoms with Crippen LogP contribution in [0.5, 0.6) is 0 Å². The Morgan fingerprint density at radius 3 is 2.76 bits per heavy atom. The maximum Gasteiger partial charge on any atom is 0.513 e. The summed E-state index contributed by atoms with van der Waals surface area (Å²) in [5.74, 6) is -0.182. The standard InChI is InChI=1S/C15H21N2O7.CH4/c1-3-12(2)24-15(19)22-11-16-8-4-6-13(10-16)14(18)7-5-9-23-17(20)21;/h4,6,8,10,12H,3,5,7,9,11H2,1-2H3;1H4/q+1;/t12-;/m0./s1. The van der Waals surface area contributed by atoms with Crippen molar-refractivity contribution in [1.29, 1.82) is 0 Å². The van der Waals surface area contributed by atoms with Gasteiger partial charge in [0.15, 0.2) is 18.2 Å². The predicted molar refractivity (Wildman–Crippen MR) is 87.2 cm³/mol. The van der Waals surface area contributed by atoms with E-state index in [1.54, 1.807) is 25.3 Å². The van der Waals surface area contributed by atoms with E-state index in [0.717, 1.165) is 0 Å². The van der Waals surface area contributed by atoms with E-state index in [0.29, 0.717) is 12.0 Å². The maximum atomic E-state index is 12.0. The van der Waals surface area contributed by atoms with Crippen molar-refractivity contribution in [2.24, 2.45) is 0 Å². The summed E-state index contributed by atoms with van der Waals surface area (Å²) < 4.78 is 11.5. The second-order valence-corrected chi connectivity index (χ2v) is 5.05. The fraction of sp³-hybridized carbons (Fsp3) is 0.562. The van der Waals surface area contributed by atoms with Crippen LogP contribution < -0.4 is 4.57 Å². The molecule has 0 amide bonds. The molecule has 0 aromatic carbocycles. The minimum absolute atomic E-state index is 0. The Morgan fingerprint density at radius 1 is 1.40 bits per heavy atom. The van der Waals surface area contributed by atoms with Gasteiger partial charge < -0.3 is 14.3 Å². The lowest BCUT2D eigenvalue weighted by Gasteiger charge is -2.09. The lowest BCUT2D eigenvalue weighted by atomic mass is 10.1. The minimum atomic E-state index is -0.892. The number of hydrogen-bond donors (Lipinski definition) is 0. The topological polar surface area (TPSA) is 109 Å². The molecule has 1 aromatic rings. The summed E-state index contributed by atoms with van der Waals surface area (Å²) in [6.07, 6.45) is 3.23. The van der Waals surface area contributed by atoms with Gasteiger partial charge in [-0.3, -0.25) is 4.79 Å². The van der Waals surface area contributed by atoms with Crippen LogP contribution in [0, 0.1) is 10.1 Å². The molecular weight excluding hydrogens is 332 g/mol. The number of carbonyl (C=O) groups excluding carboxylic acids is 2. The van der Waals surface area contributed by atoms with Crippen molar-refractivity contribution >= 4 is 11.9 Å². The number of ether oxygens (including phenoxy) is 2. The van der Waals surface area contributed by atoms with E-state index in [-0.39, 0.29) is 45.5 Å². The Labute approximate surface area is 146 Å². The highest BCUT2D eigenvalue weighted by atomic mass is 16.9. The summed E-state index contributed by atoms with van der Waals surface area (Å²) >= 11 is 0. The molecule has 0 N–H and O–H groups in total. The summed E-state index contributed by atoms with van der Waals surface area (Å²) in [6, 6.07) is 3.26. The molecular formula is C16H25N2O7+. The van der Waals surface area contributed by atoms with Gasteiger partial charge in [0.1, 0.15) is 6.10 Å². The second-order valence-electron chi connectivity index (χ2n) is 5.05. The van der Waals surface area contributed by atoms with E-state index in [1.165, 1.54) is 10.8 Å². The fourth-order valence-electron chi connectivity index (χ4n) is 1.69. The van der Waals surface area contributed by atoms with Gasteiger partial charge in [-0.25, -0.2) is 4.79 Å². The third kappa shape index (κ3) is 9.23. The number of Topliss-reactive ketones (excluding diaryl/α,β-unsaturated/α-hetero) is 1. The Morgan fingerprint density at radius 2 is 2.12 bits per heavy atom. The zero-order chi connectivity index (χ0) is 17.9. The number of ketones is 1. The quantitative estimate of drug-likeness (QED) is 0.158. The van der Waals surface area contributed by atoms with Crippen LogP contribution in [-0.4, -0.2) is 29.7 Å². The molecule has 140 valence electrons. The zero-order valence-electron chi connectivity index (χ0n) is 13.7. The summed E-state index contributed by atoms with van der Waals surface area (Å²) in [7, 11) is 0. The molecule has 0 aliphatic rings. The van der Waals surface area contributed by atoms with Crippen molar-refractivity contribution in [3.63, 3.8) is 0 Å². The van der Waals surface area contributed by atoms with E-state index in [9.17, 15) is 19.7 Å². The molecule has 0 spiro atoms. The van der Waals surface area contributed by atoms with Gasteiger partial charge in [0, 0.05) is 12.5 Å². The van der Waals surface area contributed by atoms with E-state index in [1.807, 2.05) is 6.92 Å².